The molecule has 1 N–H and O–H groups in total. The number of aliphatic hydroxyl groups is 1. The Balaban J connectivity index is 3.14. The van der Waals surface area contributed by atoms with E-state index in [-0.39, 0.29) is 11.5 Å². The maximum Gasteiger partial charge on any atom is 0.0588 e. The summed E-state index contributed by atoms with van der Waals surface area (Å²) in [6.45, 7) is 8.65. The second-order valence-electron chi connectivity index (χ2n) is 7.56. The molecule has 0 rings (SSSR count). The van der Waals surface area contributed by atoms with E-state index in [0.717, 1.165) is 6.42 Å². The van der Waals surface area contributed by atoms with Crippen molar-refractivity contribution in [2.24, 2.45) is 5.41 Å². The molecule has 0 heterocycles. The first-order chi connectivity index (χ1) is 9.48. The van der Waals surface area contributed by atoms with E-state index in [1.165, 1.54) is 77.0 Å². The molecular formula is C19H40O. The van der Waals surface area contributed by atoms with Gasteiger partial charge < -0.3 is 5.11 Å². The van der Waals surface area contributed by atoms with Gasteiger partial charge in [0.1, 0.15) is 0 Å². The van der Waals surface area contributed by atoms with E-state index in [0.29, 0.717) is 0 Å². The fraction of sp³-hybridized carbons (Fsp3) is 1.00. The Bertz CT molecular complexity index is 192. The molecule has 0 saturated heterocycles. The number of hydrogen-bond donors (Lipinski definition) is 1. The average molecular weight is 285 g/mol. The third-order valence-electron chi connectivity index (χ3n) is 4.33. The topological polar surface area (TPSA) is 20.2 Å². The lowest BCUT2D eigenvalue weighted by Crippen LogP contribution is -2.25. The zero-order chi connectivity index (χ0) is 15.3. The van der Waals surface area contributed by atoms with E-state index in [1.54, 1.807) is 0 Å². The Kier molecular flexibility index (Phi) is 12.7. The normalized spacial score (nSPS) is 13.7. The predicted octanol–water partition coefficient (Wildman–Crippen LogP) is 6.48. The Labute approximate surface area is 128 Å². The van der Waals surface area contributed by atoms with Crippen molar-refractivity contribution in [2.75, 3.05) is 0 Å². The van der Waals surface area contributed by atoms with Crippen LogP contribution in [0.1, 0.15) is 111 Å². The maximum atomic E-state index is 9.95. The molecule has 1 atom stereocenters. The van der Waals surface area contributed by atoms with Crippen molar-refractivity contribution in [1.82, 2.24) is 0 Å². The molecule has 0 unspecified atom stereocenters. The van der Waals surface area contributed by atoms with Gasteiger partial charge in [0.15, 0.2) is 0 Å². The first-order valence-electron chi connectivity index (χ1n) is 9.16. The minimum atomic E-state index is -0.134. The Morgan fingerprint density at radius 1 is 0.650 bits per heavy atom. The summed E-state index contributed by atoms with van der Waals surface area (Å²) < 4.78 is 0. The van der Waals surface area contributed by atoms with E-state index < -0.39 is 0 Å². The van der Waals surface area contributed by atoms with Crippen LogP contribution in [0.4, 0.5) is 0 Å². The number of unbranched alkanes of at least 4 members (excludes halogenated alkanes) is 11. The fourth-order valence-corrected chi connectivity index (χ4v) is 2.61. The first kappa shape index (κ1) is 20.0. The molecule has 0 aliphatic carbocycles. The lowest BCUT2D eigenvalue weighted by atomic mass is 9.86. The summed E-state index contributed by atoms with van der Waals surface area (Å²) in [5, 5.41) is 9.95. The molecule has 0 spiro atoms. The molecule has 0 fully saturated rings. The minimum absolute atomic E-state index is 0.0533. The molecule has 0 saturated carbocycles. The quantitative estimate of drug-likeness (QED) is 0.383. The Morgan fingerprint density at radius 3 is 1.35 bits per heavy atom. The lowest BCUT2D eigenvalue weighted by molar-refractivity contribution is 0.0533. The van der Waals surface area contributed by atoms with Gasteiger partial charge >= 0.3 is 0 Å². The highest BCUT2D eigenvalue weighted by Gasteiger charge is 2.20. The summed E-state index contributed by atoms with van der Waals surface area (Å²) >= 11 is 0. The summed E-state index contributed by atoms with van der Waals surface area (Å²) in [5.74, 6) is 0. The molecule has 0 amide bonds. The molecule has 122 valence electrons. The van der Waals surface area contributed by atoms with Crippen LogP contribution in [-0.4, -0.2) is 11.2 Å². The highest BCUT2D eigenvalue weighted by molar-refractivity contribution is 4.72. The van der Waals surface area contributed by atoms with E-state index in [2.05, 4.69) is 27.7 Å². The zero-order valence-electron chi connectivity index (χ0n) is 14.7. The fourth-order valence-electron chi connectivity index (χ4n) is 2.61. The van der Waals surface area contributed by atoms with Crippen LogP contribution in [0.3, 0.4) is 0 Å². The van der Waals surface area contributed by atoms with E-state index in [4.69, 9.17) is 0 Å². The Hall–Kier alpha value is -0.0400. The van der Waals surface area contributed by atoms with E-state index in [9.17, 15) is 5.11 Å². The van der Waals surface area contributed by atoms with Crippen molar-refractivity contribution >= 4 is 0 Å². The minimum Gasteiger partial charge on any atom is -0.393 e. The molecule has 1 nitrogen and oxygen atoms in total. The second-order valence-corrected chi connectivity index (χ2v) is 7.56. The molecule has 1 heteroatoms. The highest BCUT2D eigenvalue weighted by Crippen LogP contribution is 2.23. The van der Waals surface area contributed by atoms with Crippen molar-refractivity contribution in [1.29, 1.82) is 0 Å². The van der Waals surface area contributed by atoms with Crippen molar-refractivity contribution in [3.05, 3.63) is 0 Å². The first-order valence-corrected chi connectivity index (χ1v) is 9.16. The van der Waals surface area contributed by atoms with Crippen LogP contribution in [0.25, 0.3) is 0 Å². The summed E-state index contributed by atoms with van der Waals surface area (Å²) in [5.41, 5.74) is 0.0533. The predicted molar refractivity (Wildman–Crippen MR) is 91.2 cm³/mol. The average Bonchev–Trinajstić information content (AvgIpc) is 2.38. The number of hydrogen-bond acceptors (Lipinski definition) is 1. The number of aliphatic hydroxyl groups excluding tert-OH is 1. The van der Waals surface area contributed by atoms with Gasteiger partial charge in [-0.25, -0.2) is 0 Å². The van der Waals surface area contributed by atoms with Gasteiger partial charge in [-0.2, -0.15) is 0 Å². The molecular weight excluding hydrogens is 244 g/mol. The van der Waals surface area contributed by atoms with Crippen LogP contribution in [0.5, 0.6) is 0 Å². The molecule has 0 aliphatic heterocycles. The van der Waals surface area contributed by atoms with E-state index >= 15 is 0 Å². The third-order valence-corrected chi connectivity index (χ3v) is 4.33. The van der Waals surface area contributed by atoms with Crippen LogP contribution in [-0.2, 0) is 0 Å². The highest BCUT2D eigenvalue weighted by atomic mass is 16.3. The molecule has 0 aromatic rings. The van der Waals surface area contributed by atoms with Gasteiger partial charge in [0.25, 0.3) is 0 Å². The van der Waals surface area contributed by atoms with Crippen molar-refractivity contribution in [2.45, 2.75) is 117 Å². The van der Waals surface area contributed by atoms with Gasteiger partial charge in [0, 0.05) is 0 Å². The Morgan fingerprint density at radius 2 is 1.00 bits per heavy atom. The molecule has 0 aromatic heterocycles. The monoisotopic (exact) mass is 284 g/mol. The molecule has 0 radical (unpaired) electrons. The second kappa shape index (κ2) is 12.7. The van der Waals surface area contributed by atoms with Gasteiger partial charge in [0.05, 0.1) is 6.10 Å². The SMILES string of the molecule is CCCCCCCCCCCCCC[C@@H](O)C(C)(C)C. The summed E-state index contributed by atoms with van der Waals surface area (Å²) in [6, 6.07) is 0. The van der Waals surface area contributed by atoms with Crippen molar-refractivity contribution in [3.63, 3.8) is 0 Å². The molecule has 0 aromatic carbocycles. The van der Waals surface area contributed by atoms with E-state index in [1.807, 2.05) is 0 Å². The van der Waals surface area contributed by atoms with Crippen LogP contribution < -0.4 is 0 Å². The zero-order valence-corrected chi connectivity index (χ0v) is 14.7. The molecule has 0 bridgehead atoms. The van der Waals surface area contributed by atoms with Crippen LogP contribution in [0.15, 0.2) is 0 Å². The van der Waals surface area contributed by atoms with Gasteiger partial charge in [-0.05, 0) is 11.8 Å². The van der Waals surface area contributed by atoms with Crippen LogP contribution >= 0.6 is 0 Å². The smallest absolute Gasteiger partial charge is 0.0588 e. The summed E-state index contributed by atoms with van der Waals surface area (Å²) in [4.78, 5) is 0. The number of rotatable bonds is 13. The molecule has 0 aliphatic rings. The standard InChI is InChI=1S/C19H40O/c1-5-6-7-8-9-10-11-12-13-14-15-16-17-18(20)19(2,3)4/h18,20H,5-17H2,1-4H3/t18-/m1/s1. The largest absolute Gasteiger partial charge is 0.393 e. The third kappa shape index (κ3) is 13.0. The van der Waals surface area contributed by atoms with Crippen molar-refractivity contribution < 1.29 is 5.11 Å². The summed E-state index contributed by atoms with van der Waals surface area (Å²) in [7, 11) is 0. The van der Waals surface area contributed by atoms with Gasteiger partial charge in [-0.1, -0.05) is 105 Å². The lowest BCUT2D eigenvalue weighted by Gasteiger charge is -2.25. The van der Waals surface area contributed by atoms with Gasteiger partial charge in [-0.3, -0.25) is 0 Å². The van der Waals surface area contributed by atoms with Crippen molar-refractivity contribution in [3.8, 4) is 0 Å². The maximum absolute atomic E-state index is 9.95. The van der Waals surface area contributed by atoms with Crippen LogP contribution in [0.2, 0.25) is 0 Å². The van der Waals surface area contributed by atoms with Crippen LogP contribution in [0, 0.1) is 5.41 Å². The molecule has 20 heavy (non-hydrogen) atoms. The van der Waals surface area contributed by atoms with Gasteiger partial charge in [-0.15, -0.1) is 0 Å². The summed E-state index contributed by atoms with van der Waals surface area (Å²) in [6.07, 6.45) is 17.4. The van der Waals surface area contributed by atoms with Gasteiger partial charge in [0.2, 0.25) is 0 Å².